The maximum atomic E-state index is 5.35. The average Bonchev–Trinajstić information content (AvgIpc) is 2.83. The summed E-state index contributed by atoms with van der Waals surface area (Å²) in [4.78, 5) is 0. The molecule has 35 heavy (non-hydrogen) atoms. The lowest BCUT2D eigenvalue weighted by Gasteiger charge is -2.30. The van der Waals surface area contributed by atoms with Gasteiger partial charge in [-0.25, -0.2) is 0 Å². The quantitative estimate of drug-likeness (QED) is 0.0768. The lowest BCUT2D eigenvalue weighted by atomic mass is 10.0. The van der Waals surface area contributed by atoms with Crippen molar-refractivity contribution >= 4 is 0 Å². The topological polar surface area (TPSA) is 27.7 Å². The van der Waals surface area contributed by atoms with Crippen molar-refractivity contribution < 1.29 is 31.1 Å². The number of halogens is 1. The molecular weight excluding hydrogens is 458 g/mol. The molecule has 5 heteroatoms. The summed E-state index contributed by atoms with van der Waals surface area (Å²) in [5.41, 5.74) is 0. The van der Waals surface area contributed by atoms with E-state index in [1.165, 1.54) is 140 Å². The molecule has 0 aromatic rings. The van der Waals surface area contributed by atoms with Crippen molar-refractivity contribution in [3.05, 3.63) is 0 Å². The van der Waals surface area contributed by atoms with E-state index in [1.807, 2.05) is 0 Å². The largest absolute Gasteiger partial charge is 1.00 e. The Morgan fingerprint density at radius 1 is 0.457 bits per heavy atom. The number of methoxy groups -OCH3 is 3. The minimum absolute atomic E-state index is 0. The van der Waals surface area contributed by atoms with Crippen LogP contribution in [-0.4, -0.2) is 59.0 Å². The van der Waals surface area contributed by atoms with Gasteiger partial charge in [-0.15, -0.1) is 0 Å². The molecule has 0 heterocycles. The highest BCUT2D eigenvalue weighted by atomic mass is 35.5. The molecule has 0 amide bonds. The van der Waals surface area contributed by atoms with Crippen LogP contribution in [0, 0.1) is 0 Å². The molecule has 4 nitrogen and oxygen atoms in total. The third-order valence-electron chi connectivity index (χ3n) is 7.55. The van der Waals surface area contributed by atoms with Gasteiger partial charge in [-0.2, -0.15) is 0 Å². The fraction of sp³-hybridized carbons (Fsp3) is 1.00. The first-order chi connectivity index (χ1) is 16.4. The van der Waals surface area contributed by atoms with Crippen molar-refractivity contribution in [3.8, 4) is 0 Å². The highest BCUT2D eigenvalue weighted by Crippen LogP contribution is 2.21. The average molecular weight is 522 g/mol. The molecule has 0 N–H and O–H groups in total. The van der Waals surface area contributed by atoms with Crippen LogP contribution in [0.25, 0.3) is 0 Å². The summed E-state index contributed by atoms with van der Waals surface area (Å²) >= 11 is 0. The van der Waals surface area contributed by atoms with Gasteiger partial charge < -0.3 is 31.1 Å². The Hall–Kier alpha value is 0.130. The Morgan fingerprint density at radius 3 is 1.06 bits per heavy atom. The van der Waals surface area contributed by atoms with E-state index in [-0.39, 0.29) is 12.4 Å². The maximum Gasteiger partial charge on any atom is 0.282 e. The van der Waals surface area contributed by atoms with Crippen LogP contribution in [0.15, 0.2) is 0 Å². The molecule has 0 atom stereocenters. The van der Waals surface area contributed by atoms with Gasteiger partial charge in [-0.1, -0.05) is 103 Å². The van der Waals surface area contributed by atoms with Crippen LogP contribution in [0.1, 0.15) is 142 Å². The van der Waals surface area contributed by atoms with Crippen LogP contribution in [0.3, 0.4) is 0 Å². The smallest absolute Gasteiger partial charge is 0.282 e. The summed E-state index contributed by atoms with van der Waals surface area (Å²) in [6.07, 6.45) is 28.5. The van der Waals surface area contributed by atoms with E-state index in [2.05, 4.69) is 21.0 Å². The number of hydrogen-bond donors (Lipinski definition) is 0. The normalized spacial score (nSPS) is 12.2. The Balaban J connectivity index is 0. The molecule has 0 aromatic heterocycles. The van der Waals surface area contributed by atoms with Gasteiger partial charge >= 0.3 is 0 Å². The molecule has 0 aliphatic carbocycles. The van der Waals surface area contributed by atoms with Gasteiger partial charge in [-0.05, 0) is 32.1 Å². The molecule has 0 radical (unpaired) electrons. The van der Waals surface area contributed by atoms with E-state index in [9.17, 15) is 0 Å². The first-order valence-electron chi connectivity index (χ1n) is 14.9. The predicted octanol–water partition coefficient (Wildman–Crippen LogP) is 5.87. The molecule has 0 fully saturated rings. The third kappa shape index (κ3) is 23.0. The lowest BCUT2D eigenvalue weighted by molar-refractivity contribution is -0.890. The SMILES string of the molecule is CCCCCCCCCCCC[N+](C)(C)CCCCCCCCCCCCC(OC)(OC)OC.[Cl-]. The van der Waals surface area contributed by atoms with E-state index < -0.39 is 5.97 Å². The van der Waals surface area contributed by atoms with E-state index in [4.69, 9.17) is 14.2 Å². The fourth-order valence-corrected chi connectivity index (χ4v) is 4.99. The van der Waals surface area contributed by atoms with Crippen molar-refractivity contribution in [1.29, 1.82) is 0 Å². The Bertz CT molecular complexity index is 408. The van der Waals surface area contributed by atoms with Crippen molar-refractivity contribution in [3.63, 3.8) is 0 Å². The number of ether oxygens (including phenoxy) is 3. The number of hydrogen-bond acceptors (Lipinski definition) is 3. The number of quaternary nitrogens is 1. The number of nitrogens with zero attached hydrogens (tertiary/aromatic N) is 1. The van der Waals surface area contributed by atoms with Gasteiger partial charge in [-0.3, -0.25) is 0 Å². The summed E-state index contributed by atoms with van der Waals surface area (Å²) < 4.78 is 17.3. The molecule has 0 aromatic carbocycles. The standard InChI is InChI=1S/C30H64NO3.ClH/c1-7-8-9-10-11-12-16-19-22-25-28-31(2,3)29-26-23-20-17-14-13-15-18-21-24-27-30(32-4,33-5)34-6;/h7-29H2,1-6H3;1H/q+1;/p-1. The molecule has 0 saturated carbocycles. The summed E-state index contributed by atoms with van der Waals surface area (Å²) in [5.74, 6) is -0.847. The summed E-state index contributed by atoms with van der Waals surface area (Å²) in [6.45, 7) is 5.01. The zero-order valence-electron chi connectivity index (χ0n) is 24.8. The highest BCUT2D eigenvalue weighted by Gasteiger charge is 2.28. The minimum Gasteiger partial charge on any atom is -1.00 e. The van der Waals surface area contributed by atoms with Gasteiger partial charge in [0.2, 0.25) is 0 Å². The van der Waals surface area contributed by atoms with Crippen LogP contribution in [0.5, 0.6) is 0 Å². The molecule has 0 aliphatic heterocycles. The van der Waals surface area contributed by atoms with Crippen LogP contribution in [0.4, 0.5) is 0 Å². The molecule has 0 spiro atoms. The van der Waals surface area contributed by atoms with E-state index in [1.54, 1.807) is 21.3 Å². The van der Waals surface area contributed by atoms with Crippen LogP contribution < -0.4 is 12.4 Å². The second-order valence-electron chi connectivity index (χ2n) is 11.1. The summed E-state index contributed by atoms with van der Waals surface area (Å²) in [5, 5.41) is 0. The van der Waals surface area contributed by atoms with Crippen molar-refractivity contribution in [2.24, 2.45) is 0 Å². The second kappa shape index (κ2) is 25.8. The van der Waals surface area contributed by atoms with Gasteiger partial charge in [0.25, 0.3) is 5.97 Å². The van der Waals surface area contributed by atoms with E-state index in [0.717, 1.165) is 12.8 Å². The van der Waals surface area contributed by atoms with Crippen LogP contribution in [0.2, 0.25) is 0 Å². The highest BCUT2D eigenvalue weighted by molar-refractivity contribution is 4.57. The number of unbranched alkanes of at least 4 members (excludes halogenated alkanes) is 18. The molecule has 0 saturated heterocycles. The molecule has 0 unspecified atom stereocenters. The second-order valence-corrected chi connectivity index (χ2v) is 11.1. The summed E-state index contributed by atoms with van der Waals surface area (Å²) in [7, 11) is 9.80. The van der Waals surface area contributed by atoms with Gasteiger partial charge in [0.15, 0.2) is 0 Å². The first-order valence-corrected chi connectivity index (χ1v) is 14.9. The van der Waals surface area contributed by atoms with Crippen molar-refractivity contribution in [2.45, 2.75) is 148 Å². The third-order valence-corrected chi connectivity index (χ3v) is 7.55. The van der Waals surface area contributed by atoms with E-state index in [0.29, 0.717) is 0 Å². The maximum absolute atomic E-state index is 5.35. The number of rotatable bonds is 27. The predicted molar refractivity (Wildman–Crippen MR) is 148 cm³/mol. The fourth-order valence-electron chi connectivity index (χ4n) is 4.99. The van der Waals surface area contributed by atoms with Crippen molar-refractivity contribution in [1.82, 2.24) is 0 Å². The molecule has 0 aliphatic rings. The lowest BCUT2D eigenvalue weighted by Crippen LogP contribution is -3.00. The Kier molecular flexibility index (Phi) is 27.4. The van der Waals surface area contributed by atoms with E-state index >= 15 is 0 Å². The molecule has 214 valence electrons. The van der Waals surface area contributed by atoms with Gasteiger partial charge in [0.1, 0.15) is 0 Å². The minimum atomic E-state index is -0.847. The van der Waals surface area contributed by atoms with Crippen molar-refractivity contribution in [2.75, 3.05) is 48.5 Å². The monoisotopic (exact) mass is 521 g/mol. The van der Waals surface area contributed by atoms with Crippen LogP contribution in [-0.2, 0) is 14.2 Å². The molecule has 0 bridgehead atoms. The zero-order valence-corrected chi connectivity index (χ0v) is 25.6. The van der Waals surface area contributed by atoms with Gasteiger partial charge in [0, 0.05) is 27.8 Å². The zero-order chi connectivity index (χ0) is 25.4. The Labute approximate surface area is 227 Å². The van der Waals surface area contributed by atoms with Gasteiger partial charge in [0.05, 0.1) is 27.2 Å². The summed E-state index contributed by atoms with van der Waals surface area (Å²) in [6, 6.07) is 0. The Morgan fingerprint density at radius 2 is 0.743 bits per heavy atom. The first kappa shape index (κ1) is 37.3. The molecule has 0 rings (SSSR count). The molecular formula is C30H64ClNO3. The van der Waals surface area contributed by atoms with Crippen LogP contribution >= 0.6 is 0 Å².